The minimum Gasteiger partial charge on any atom is -0.438 e. The number of aromatic nitrogens is 1. The molecule has 4 rings (SSSR count). The van der Waals surface area contributed by atoms with Crippen LogP contribution in [-0.4, -0.2) is 21.7 Å². The summed E-state index contributed by atoms with van der Waals surface area (Å²) < 4.78 is 5.70. The molecule has 9 nitrogen and oxygen atoms in total. The van der Waals surface area contributed by atoms with Crippen molar-refractivity contribution in [3.63, 3.8) is 0 Å². The van der Waals surface area contributed by atoms with Crippen molar-refractivity contribution in [2.24, 2.45) is 0 Å². The number of carbonyl (C=O) groups is 2. The van der Waals surface area contributed by atoms with Gasteiger partial charge in [0.15, 0.2) is 0 Å². The third-order valence-electron chi connectivity index (χ3n) is 4.27. The van der Waals surface area contributed by atoms with E-state index in [4.69, 9.17) is 4.74 Å². The van der Waals surface area contributed by atoms with Crippen LogP contribution in [0.2, 0.25) is 0 Å². The number of pyridine rings is 1. The van der Waals surface area contributed by atoms with Crippen molar-refractivity contribution >= 4 is 29.3 Å². The highest BCUT2D eigenvalue weighted by atomic mass is 16.6. The second-order valence-corrected chi connectivity index (χ2v) is 6.23. The number of nitrogens with zero attached hydrogens (tertiary/aromatic N) is 3. The van der Waals surface area contributed by atoms with Crippen LogP contribution in [0.15, 0.2) is 78.5 Å². The summed E-state index contributed by atoms with van der Waals surface area (Å²) in [6, 6.07) is 18.2. The highest BCUT2D eigenvalue weighted by Crippen LogP contribution is 2.28. The fraction of sp³-hybridized carbons (Fsp3) is 0. The van der Waals surface area contributed by atoms with Crippen molar-refractivity contribution in [3.05, 3.63) is 94.2 Å². The van der Waals surface area contributed by atoms with Crippen LogP contribution in [0.25, 0.3) is 6.08 Å². The molecule has 2 heterocycles. The van der Waals surface area contributed by atoms with Gasteiger partial charge in [-0.15, -0.1) is 0 Å². The zero-order valence-electron chi connectivity index (χ0n) is 15.4. The monoisotopic (exact) mass is 402 g/mol. The van der Waals surface area contributed by atoms with E-state index in [1.807, 2.05) is 6.07 Å². The average Bonchev–Trinajstić information content (AvgIpc) is 3.04. The highest BCUT2D eigenvalue weighted by Gasteiger charge is 2.34. The summed E-state index contributed by atoms with van der Waals surface area (Å²) in [7, 11) is 0. The molecule has 1 aromatic heterocycles. The van der Waals surface area contributed by atoms with E-state index in [1.54, 1.807) is 48.5 Å². The van der Waals surface area contributed by atoms with Gasteiger partial charge in [0, 0.05) is 17.7 Å². The maximum atomic E-state index is 12.7. The van der Waals surface area contributed by atoms with Crippen molar-refractivity contribution in [1.82, 2.24) is 10.4 Å². The maximum Gasteiger partial charge on any atom is 0.287 e. The Kier molecular flexibility index (Phi) is 4.92. The van der Waals surface area contributed by atoms with Crippen molar-refractivity contribution < 1.29 is 19.2 Å². The molecule has 0 radical (unpaired) electrons. The number of hydrazine groups is 1. The molecule has 30 heavy (non-hydrogen) atoms. The zero-order valence-corrected chi connectivity index (χ0v) is 15.4. The van der Waals surface area contributed by atoms with Crippen LogP contribution in [0.3, 0.4) is 0 Å². The molecule has 1 fully saturated rings. The molecule has 1 aliphatic heterocycles. The van der Waals surface area contributed by atoms with Crippen LogP contribution in [0.1, 0.15) is 5.56 Å². The van der Waals surface area contributed by atoms with E-state index < -0.39 is 16.7 Å². The first kappa shape index (κ1) is 18.8. The molecule has 0 atom stereocenters. The highest BCUT2D eigenvalue weighted by molar-refractivity contribution is 6.31. The minimum absolute atomic E-state index is 0.0495. The number of hydrogen-bond donors (Lipinski definition) is 1. The largest absolute Gasteiger partial charge is 0.438 e. The number of amides is 2. The van der Waals surface area contributed by atoms with Crippen LogP contribution < -0.4 is 15.2 Å². The van der Waals surface area contributed by atoms with Crippen molar-refractivity contribution in [1.29, 1.82) is 0 Å². The topological polar surface area (TPSA) is 115 Å². The normalized spacial score (nSPS) is 14.7. The number of hydrogen-bond acceptors (Lipinski definition) is 6. The van der Waals surface area contributed by atoms with Gasteiger partial charge in [-0.05, 0) is 24.3 Å². The Morgan fingerprint density at radius 1 is 1.00 bits per heavy atom. The molecule has 0 bridgehead atoms. The number of rotatable bonds is 5. The lowest BCUT2D eigenvalue weighted by atomic mass is 10.1. The number of nitro groups is 1. The molecule has 0 aliphatic carbocycles. The first-order valence-corrected chi connectivity index (χ1v) is 8.82. The van der Waals surface area contributed by atoms with Gasteiger partial charge in [0.25, 0.3) is 17.5 Å². The van der Waals surface area contributed by atoms with Gasteiger partial charge in [-0.25, -0.2) is 9.99 Å². The van der Waals surface area contributed by atoms with E-state index in [1.165, 1.54) is 23.2 Å². The fourth-order valence-corrected chi connectivity index (χ4v) is 2.82. The Balaban J connectivity index is 1.62. The van der Waals surface area contributed by atoms with Crippen LogP contribution in [0, 0.1) is 10.1 Å². The van der Waals surface area contributed by atoms with Gasteiger partial charge in [0.2, 0.25) is 5.88 Å². The lowest BCUT2D eigenvalue weighted by molar-refractivity contribution is -0.385. The SMILES string of the molecule is O=C1NN(c2ccccc2)C(=O)/C1=C\c1ccccc1Oc1ccc([N+](=O)[O-])cn1. The van der Waals surface area contributed by atoms with E-state index >= 15 is 0 Å². The summed E-state index contributed by atoms with van der Waals surface area (Å²) in [5, 5.41) is 11.9. The van der Waals surface area contributed by atoms with E-state index in [-0.39, 0.29) is 17.1 Å². The molecule has 0 saturated carbocycles. The minimum atomic E-state index is -0.558. The Bertz CT molecular complexity index is 1160. The molecule has 2 amide bonds. The van der Waals surface area contributed by atoms with Gasteiger partial charge in [-0.3, -0.25) is 25.1 Å². The molecule has 3 aromatic rings. The van der Waals surface area contributed by atoms with E-state index in [2.05, 4.69) is 10.4 Å². The fourth-order valence-electron chi connectivity index (χ4n) is 2.82. The number of anilines is 1. The van der Waals surface area contributed by atoms with Crippen molar-refractivity contribution in [3.8, 4) is 11.6 Å². The van der Waals surface area contributed by atoms with Gasteiger partial charge in [0.05, 0.1) is 10.6 Å². The van der Waals surface area contributed by atoms with Crippen LogP contribution in [0.4, 0.5) is 11.4 Å². The number of nitrogens with one attached hydrogen (secondary N) is 1. The van der Waals surface area contributed by atoms with Gasteiger partial charge < -0.3 is 4.74 Å². The Morgan fingerprint density at radius 2 is 1.73 bits per heavy atom. The molecule has 0 unspecified atom stereocenters. The summed E-state index contributed by atoms with van der Waals surface area (Å²) >= 11 is 0. The molecule has 1 aliphatic rings. The lowest BCUT2D eigenvalue weighted by Gasteiger charge is -2.13. The third-order valence-corrected chi connectivity index (χ3v) is 4.27. The predicted octanol–water partition coefficient (Wildman–Crippen LogP) is 3.24. The number of para-hydroxylation sites is 2. The summed E-state index contributed by atoms with van der Waals surface area (Å²) in [5.41, 5.74) is 3.34. The summed E-state index contributed by atoms with van der Waals surface area (Å²) in [5.74, 6) is -0.550. The molecule has 0 spiro atoms. The van der Waals surface area contributed by atoms with Crippen molar-refractivity contribution in [2.45, 2.75) is 0 Å². The third kappa shape index (κ3) is 3.72. The van der Waals surface area contributed by atoms with Gasteiger partial charge in [-0.2, -0.15) is 0 Å². The first-order valence-electron chi connectivity index (χ1n) is 8.82. The van der Waals surface area contributed by atoms with Gasteiger partial charge in [0.1, 0.15) is 17.5 Å². The smallest absolute Gasteiger partial charge is 0.287 e. The lowest BCUT2D eigenvalue weighted by Crippen LogP contribution is -2.35. The van der Waals surface area contributed by atoms with Gasteiger partial charge in [-0.1, -0.05) is 36.4 Å². The Labute approximate surface area is 170 Å². The molecular formula is C21H14N4O5. The number of carbonyl (C=O) groups excluding carboxylic acids is 2. The van der Waals surface area contributed by atoms with Crippen LogP contribution >= 0.6 is 0 Å². The second kappa shape index (κ2) is 7.84. The molecule has 2 aromatic carbocycles. The quantitative estimate of drug-likeness (QED) is 0.303. The standard InChI is InChI=1S/C21H14N4O5/c26-20-17(21(27)24(23-20)15-7-2-1-3-8-15)12-14-6-4-5-9-18(14)30-19-11-10-16(13-22-19)25(28)29/h1-13H,(H,23,26)/b17-12-. The molecular weight excluding hydrogens is 388 g/mol. The Hall–Kier alpha value is -4.53. The van der Waals surface area contributed by atoms with Crippen LogP contribution in [0.5, 0.6) is 11.6 Å². The predicted molar refractivity (Wildman–Crippen MR) is 107 cm³/mol. The Morgan fingerprint density at radius 3 is 2.43 bits per heavy atom. The zero-order chi connectivity index (χ0) is 21.1. The molecule has 9 heteroatoms. The van der Waals surface area contributed by atoms with Crippen molar-refractivity contribution in [2.75, 3.05) is 5.01 Å². The molecule has 1 saturated heterocycles. The van der Waals surface area contributed by atoms with Crippen LogP contribution in [-0.2, 0) is 9.59 Å². The summed E-state index contributed by atoms with van der Waals surface area (Å²) in [4.78, 5) is 39.2. The van der Waals surface area contributed by atoms with E-state index in [9.17, 15) is 19.7 Å². The number of ether oxygens (including phenoxy) is 1. The molecule has 148 valence electrons. The maximum absolute atomic E-state index is 12.7. The summed E-state index contributed by atoms with van der Waals surface area (Å²) in [6.07, 6.45) is 2.52. The summed E-state index contributed by atoms with van der Waals surface area (Å²) in [6.45, 7) is 0. The second-order valence-electron chi connectivity index (χ2n) is 6.23. The number of benzene rings is 2. The first-order chi connectivity index (χ1) is 14.5. The molecule has 1 N–H and O–H groups in total. The van der Waals surface area contributed by atoms with E-state index in [0.29, 0.717) is 17.0 Å². The average molecular weight is 402 g/mol. The van der Waals surface area contributed by atoms with Gasteiger partial charge >= 0.3 is 0 Å². The van der Waals surface area contributed by atoms with E-state index in [0.717, 1.165) is 6.20 Å².